The Hall–Kier alpha value is 0.360. The smallest absolute Gasteiger partial charge is 0.365 e. The van der Waals surface area contributed by atoms with E-state index in [9.17, 15) is 4.79 Å². The van der Waals surface area contributed by atoms with E-state index in [4.69, 9.17) is 69.6 Å². The first-order valence-corrected chi connectivity index (χ1v) is 5.79. The Balaban J connectivity index is 2.99. The number of pyridine rings is 1. The summed E-state index contributed by atoms with van der Waals surface area (Å²) < 4.78 is 2.40. The molecule has 9 heteroatoms. The number of ether oxygens (including phenoxy) is 1. The first-order chi connectivity index (χ1) is 7.21. The molecule has 0 aliphatic rings. The number of halogens is 6. The van der Waals surface area contributed by atoms with Crippen LogP contribution in [-0.4, -0.2) is 14.7 Å². The normalized spacial score (nSPS) is 11.4. The molecule has 1 heterocycles. The van der Waals surface area contributed by atoms with Crippen molar-refractivity contribution in [2.24, 2.45) is 0 Å². The maximum Gasteiger partial charge on any atom is 0.365 e. The molecular formula is C7HCl6NO2. The van der Waals surface area contributed by atoms with Crippen molar-refractivity contribution < 1.29 is 9.53 Å². The number of rotatable bonds is 1. The van der Waals surface area contributed by atoms with Crippen LogP contribution in [0.25, 0.3) is 0 Å². The van der Waals surface area contributed by atoms with Crippen molar-refractivity contribution >= 4 is 75.6 Å². The van der Waals surface area contributed by atoms with E-state index >= 15 is 0 Å². The molecule has 0 saturated carbocycles. The summed E-state index contributed by atoms with van der Waals surface area (Å²) in [5.41, 5.74) is 0. The SMILES string of the molecule is O=C(Oc1nc(Cl)c(Cl)cc1Cl)C(Cl)(Cl)Cl. The third-order valence-corrected chi connectivity index (χ3v) is 2.68. The van der Waals surface area contributed by atoms with Gasteiger partial charge in [0.2, 0.25) is 5.88 Å². The summed E-state index contributed by atoms with van der Waals surface area (Å²) in [4.78, 5) is 14.8. The van der Waals surface area contributed by atoms with E-state index in [-0.39, 0.29) is 21.1 Å². The third-order valence-electron chi connectivity index (χ3n) is 1.28. The molecule has 16 heavy (non-hydrogen) atoms. The zero-order chi connectivity index (χ0) is 12.5. The van der Waals surface area contributed by atoms with Gasteiger partial charge in [0.05, 0.1) is 5.02 Å². The highest BCUT2D eigenvalue weighted by Crippen LogP contribution is 2.33. The highest BCUT2D eigenvalue weighted by atomic mass is 35.6. The summed E-state index contributed by atoms with van der Waals surface area (Å²) in [6, 6.07) is 1.25. The number of esters is 1. The van der Waals surface area contributed by atoms with Crippen molar-refractivity contribution in [2.75, 3.05) is 0 Å². The molecule has 0 spiro atoms. The van der Waals surface area contributed by atoms with E-state index in [0.29, 0.717) is 0 Å². The number of carbonyl (C=O) groups is 1. The van der Waals surface area contributed by atoms with Crippen molar-refractivity contribution in [1.29, 1.82) is 0 Å². The minimum atomic E-state index is -2.23. The summed E-state index contributed by atoms with van der Waals surface area (Å²) in [5.74, 6) is -1.43. The Bertz CT molecular complexity index is 430. The minimum Gasteiger partial charge on any atom is -0.403 e. The van der Waals surface area contributed by atoms with Gasteiger partial charge in [0.25, 0.3) is 3.79 Å². The van der Waals surface area contributed by atoms with Crippen LogP contribution in [0.3, 0.4) is 0 Å². The highest BCUT2D eigenvalue weighted by molar-refractivity contribution is 6.75. The fraction of sp³-hybridized carbons (Fsp3) is 0.143. The second kappa shape index (κ2) is 5.34. The molecule has 1 rings (SSSR count). The zero-order valence-electron chi connectivity index (χ0n) is 7.11. The number of nitrogens with zero attached hydrogens (tertiary/aromatic N) is 1. The predicted molar refractivity (Wildman–Crippen MR) is 65.2 cm³/mol. The van der Waals surface area contributed by atoms with E-state index < -0.39 is 9.76 Å². The average molecular weight is 344 g/mol. The van der Waals surface area contributed by atoms with Crippen molar-refractivity contribution in [1.82, 2.24) is 4.98 Å². The van der Waals surface area contributed by atoms with Crippen LogP contribution < -0.4 is 4.74 Å². The summed E-state index contributed by atoms with van der Waals surface area (Å²) in [7, 11) is 0. The molecule has 0 aromatic carbocycles. The number of alkyl halides is 3. The molecule has 0 saturated heterocycles. The average Bonchev–Trinajstić information content (AvgIpc) is 2.12. The highest BCUT2D eigenvalue weighted by Gasteiger charge is 2.34. The molecule has 1 aromatic rings. The zero-order valence-corrected chi connectivity index (χ0v) is 11.6. The van der Waals surface area contributed by atoms with Crippen molar-refractivity contribution in [3.63, 3.8) is 0 Å². The molecular weight excluding hydrogens is 343 g/mol. The first-order valence-electron chi connectivity index (χ1n) is 3.52. The van der Waals surface area contributed by atoms with Gasteiger partial charge in [-0.05, 0) is 6.07 Å². The molecule has 0 bridgehead atoms. The molecule has 0 aliphatic heterocycles. The topological polar surface area (TPSA) is 39.2 Å². The van der Waals surface area contributed by atoms with E-state index in [2.05, 4.69) is 9.72 Å². The van der Waals surface area contributed by atoms with Crippen LogP contribution in [0, 0.1) is 0 Å². The van der Waals surface area contributed by atoms with Crippen LogP contribution in [0.1, 0.15) is 0 Å². The van der Waals surface area contributed by atoms with Gasteiger partial charge in [0.1, 0.15) is 5.02 Å². The van der Waals surface area contributed by atoms with Crippen LogP contribution in [0.15, 0.2) is 6.07 Å². The van der Waals surface area contributed by atoms with Gasteiger partial charge in [-0.3, -0.25) is 0 Å². The number of carbonyl (C=O) groups excluding carboxylic acids is 1. The summed E-state index contributed by atoms with van der Waals surface area (Å²) in [6.45, 7) is 0. The lowest BCUT2D eigenvalue weighted by Crippen LogP contribution is -2.25. The van der Waals surface area contributed by atoms with E-state index in [0.717, 1.165) is 0 Å². The van der Waals surface area contributed by atoms with Crippen LogP contribution in [0.2, 0.25) is 15.2 Å². The van der Waals surface area contributed by atoms with Crippen LogP contribution in [0.4, 0.5) is 0 Å². The van der Waals surface area contributed by atoms with Gasteiger partial charge in [-0.2, -0.15) is 4.98 Å². The molecule has 0 fully saturated rings. The Morgan fingerprint density at radius 1 is 1.19 bits per heavy atom. The van der Waals surface area contributed by atoms with E-state index in [1.165, 1.54) is 6.07 Å². The van der Waals surface area contributed by atoms with E-state index in [1.807, 2.05) is 0 Å². The standard InChI is InChI=1S/C7HCl6NO2/c8-2-1-3(9)5(14-4(2)10)16-6(15)7(11,12)13/h1H. The van der Waals surface area contributed by atoms with Crippen LogP contribution >= 0.6 is 69.6 Å². The van der Waals surface area contributed by atoms with Gasteiger partial charge in [0, 0.05) is 0 Å². The molecule has 1 aromatic heterocycles. The first kappa shape index (κ1) is 14.4. The molecule has 0 unspecified atom stereocenters. The monoisotopic (exact) mass is 341 g/mol. The second-order valence-corrected chi connectivity index (χ2v) is 5.89. The quantitative estimate of drug-likeness (QED) is 0.433. The largest absolute Gasteiger partial charge is 0.403 e. The van der Waals surface area contributed by atoms with Crippen molar-refractivity contribution in [2.45, 2.75) is 3.79 Å². The van der Waals surface area contributed by atoms with Gasteiger partial charge < -0.3 is 4.74 Å². The lowest BCUT2D eigenvalue weighted by atomic mass is 10.5. The molecule has 3 nitrogen and oxygen atoms in total. The van der Waals surface area contributed by atoms with Gasteiger partial charge in [-0.1, -0.05) is 69.6 Å². The van der Waals surface area contributed by atoms with Gasteiger partial charge in [-0.15, -0.1) is 0 Å². The van der Waals surface area contributed by atoms with Crippen LogP contribution in [0.5, 0.6) is 5.88 Å². The molecule has 0 atom stereocenters. The predicted octanol–water partition coefficient (Wildman–Crippen LogP) is 4.32. The Morgan fingerprint density at radius 2 is 1.75 bits per heavy atom. The lowest BCUT2D eigenvalue weighted by molar-refractivity contribution is -0.133. The number of aromatic nitrogens is 1. The Kier molecular flexibility index (Phi) is 4.81. The minimum absolute atomic E-state index is 0.0306. The van der Waals surface area contributed by atoms with E-state index in [1.54, 1.807) is 0 Å². The summed E-state index contributed by atoms with van der Waals surface area (Å²) in [6.07, 6.45) is 0. The number of hydrogen-bond donors (Lipinski definition) is 0. The maximum atomic E-state index is 11.2. The number of hydrogen-bond acceptors (Lipinski definition) is 3. The fourth-order valence-electron chi connectivity index (χ4n) is 0.646. The molecule has 0 amide bonds. The Morgan fingerprint density at radius 3 is 2.25 bits per heavy atom. The molecule has 0 aliphatic carbocycles. The summed E-state index contributed by atoms with van der Waals surface area (Å²) in [5, 5.41) is -0.00414. The fourth-order valence-corrected chi connectivity index (χ4v) is 1.29. The Labute approximate surface area is 120 Å². The lowest BCUT2D eigenvalue weighted by Gasteiger charge is -2.10. The van der Waals surface area contributed by atoms with Gasteiger partial charge in [0.15, 0.2) is 5.15 Å². The molecule has 88 valence electrons. The van der Waals surface area contributed by atoms with Crippen LogP contribution in [-0.2, 0) is 4.79 Å². The van der Waals surface area contributed by atoms with Gasteiger partial charge in [-0.25, -0.2) is 4.79 Å². The summed E-state index contributed by atoms with van der Waals surface area (Å²) >= 11 is 32.7. The molecule has 0 radical (unpaired) electrons. The maximum absolute atomic E-state index is 11.2. The third kappa shape index (κ3) is 3.69. The molecule has 0 N–H and O–H groups in total. The second-order valence-electron chi connectivity index (χ2n) is 2.44. The van der Waals surface area contributed by atoms with Crippen molar-refractivity contribution in [3.8, 4) is 5.88 Å². The van der Waals surface area contributed by atoms with Crippen molar-refractivity contribution in [3.05, 3.63) is 21.3 Å². The van der Waals surface area contributed by atoms with Gasteiger partial charge >= 0.3 is 5.97 Å².